The molecule has 1 aliphatic heterocycles. The minimum atomic E-state index is -1.46. The molecule has 1 aliphatic rings. The predicted octanol–water partition coefficient (Wildman–Crippen LogP) is 3.23. The van der Waals surface area contributed by atoms with Gasteiger partial charge >= 0.3 is 0 Å². The quantitative estimate of drug-likeness (QED) is 0.0828. The van der Waals surface area contributed by atoms with Crippen LogP contribution in [0.3, 0.4) is 0 Å². The van der Waals surface area contributed by atoms with Gasteiger partial charge in [-0.15, -0.1) is 5.10 Å². The molecule has 11 nitrogen and oxygen atoms in total. The largest absolute Gasteiger partial charge is 0.472 e. The van der Waals surface area contributed by atoms with Crippen LogP contribution in [0.15, 0.2) is 58.7 Å². The summed E-state index contributed by atoms with van der Waals surface area (Å²) < 4.78 is 21.7. The maximum atomic E-state index is 13.7. The van der Waals surface area contributed by atoms with Crippen molar-refractivity contribution in [1.29, 1.82) is 0 Å². The SMILES string of the molecule is CCNc1ccc(C(CC(=O)N/C(N)=N/N)c2ccc(C)c(CN3C[C@@H](CC)Oc4ncccc4S3=O)c2)c(C)c1N. The van der Waals surface area contributed by atoms with Crippen LogP contribution in [0, 0.1) is 13.8 Å². The summed E-state index contributed by atoms with van der Waals surface area (Å²) >= 11 is 0. The van der Waals surface area contributed by atoms with Crippen LogP contribution in [0.1, 0.15) is 60.4 Å². The highest BCUT2D eigenvalue weighted by atomic mass is 32.2. The average molecular weight is 593 g/mol. The Balaban J connectivity index is 1.73. The normalized spacial score (nSPS) is 18.0. The van der Waals surface area contributed by atoms with E-state index in [4.69, 9.17) is 22.0 Å². The van der Waals surface area contributed by atoms with Crippen molar-refractivity contribution < 1.29 is 13.7 Å². The number of guanidine groups is 1. The molecule has 0 saturated heterocycles. The number of fused-ring (bicyclic) bond motifs is 1. The van der Waals surface area contributed by atoms with Gasteiger partial charge in [0.1, 0.15) is 22.0 Å². The lowest BCUT2D eigenvalue weighted by molar-refractivity contribution is -0.119. The number of benzene rings is 2. The Labute approximate surface area is 249 Å². The van der Waals surface area contributed by atoms with Crippen LogP contribution in [0.5, 0.6) is 5.88 Å². The Hall–Kier alpha value is -4.16. The summed E-state index contributed by atoms with van der Waals surface area (Å²) in [4.78, 5) is 17.9. The van der Waals surface area contributed by atoms with E-state index in [1.165, 1.54) is 0 Å². The summed E-state index contributed by atoms with van der Waals surface area (Å²) in [6.07, 6.45) is 2.33. The number of nitrogens with zero attached hydrogens (tertiary/aromatic N) is 3. The summed E-state index contributed by atoms with van der Waals surface area (Å²) in [5.41, 5.74) is 18.4. The second-order valence-electron chi connectivity index (χ2n) is 10.3. The van der Waals surface area contributed by atoms with Crippen LogP contribution < -0.4 is 32.7 Å². The van der Waals surface area contributed by atoms with Gasteiger partial charge in [-0.3, -0.25) is 10.1 Å². The van der Waals surface area contributed by atoms with Gasteiger partial charge < -0.3 is 27.4 Å². The van der Waals surface area contributed by atoms with Crippen molar-refractivity contribution in [3.8, 4) is 5.88 Å². The Morgan fingerprint density at radius 1 is 1.24 bits per heavy atom. The molecule has 1 aromatic heterocycles. The number of carbonyl (C=O) groups is 1. The molecule has 8 N–H and O–H groups in total. The van der Waals surface area contributed by atoms with Gasteiger partial charge in [0.15, 0.2) is 0 Å². The lowest BCUT2D eigenvalue weighted by Gasteiger charge is -2.25. The molecule has 0 fully saturated rings. The number of pyridine rings is 1. The molecule has 2 aromatic carbocycles. The van der Waals surface area contributed by atoms with Crippen molar-refractivity contribution in [1.82, 2.24) is 14.6 Å². The van der Waals surface area contributed by atoms with Gasteiger partial charge in [0.2, 0.25) is 17.7 Å². The van der Waals surface area contributed by atoms with Crippen molar-refractivity contribution in [2.75, 3.05) is 24.1 Å². The second-order valence-corrected chi connectivity index (χ2v) is 11.8. The van der Waals surface area contributed by atoms with E-state index in [2.05, 4.69) is 26.8 Å². The van der Waals surface area contributed by atoms with Gasteiger partial charge in [-0.25, -0.2) is 13.5 Å². The molecule has 42 heavy (non-hydrogen) atoms. The van der Waals surface area contributed by atoms with Crippen molar-refractivity contribution in [3.63, 3.8) is 0 Å². The minimum Gasteiger partial charge on any atom is -0.472 e. The summed E-state index contributed by atoms with van der Waals surface area (Å²) in [6.45, 7) is 9.67. The van der Waals surface area contributed by atoms with Crippen LogP contribution in [0.4, 0.5) is 11.4 Å². The smallest absolute Gasteiger partial charge is 0.231 e. The number of nitrogens with two attached hydrogens (primary N) is 3. The molecule has 4 rings (SSSR count). The first-order chi connectivity index (χ1) is 20.2. The first kappa shape index (κ1) is 30.8. The van der Waals surface area contributed by atoms with Gasteiger partial charge in [-0.1, -0.05) is 31.2 Å². The molecule has 0 aliphatic carbocycles. The van der Waals surface area contributed by atoms with E-state index in [9.17, 15) is 9.00 Å². The first-order valence-electron chi connectivity index (χ1n) is 14.0. The molecule has 0 radical (unpaired) electrons. The lowest BCUT2D eigenvalue weighted by atomic mass is 9.83. The summed E-state index contributed by atoms with van der Waals surface area (Å²) in [5.74, 6) is 4.82. The third kappa shape index (κ3) is 6.82. The molecule has 12 heteroatoms. The van der Waals surface area contributed by atoms with Gasteiger partial charge in [0.05, 0.1) is 11.4 Å². The molecule has 0 spiro atoms. The number of rotatable bonds is 9. The Kier molecular flexibility index (Phi) is 10.0. The van der Waals surface area contributed by atoms with Gasteiger partial charge in [0, 0.05) is 38.2 Å². The molecule has 2 heterocycles. The van der Waals surface area contributed by atoms with Gasteiger partial charge in [0.25, 0.3) is 0 Å². The third-order valence-corrected chi connectivity index (χ3v) is 8.95. The number of amides is 1. The van der Waals surface area contributed by atoms with E-state index in [-0.39, 0.29) is 30.3 Å². The van der Waals surface area contributed by atoms with Crippen LogP contribution in [-0.4, -0.2) is 44.6 Å². The number of aromatic nitrogens is 1. The van der Waals surface area contributed by atoms with Crippen molar-refractivity contribution >= 4 is 34.2 Å². The lowest BCUT2D eigenvalue weighted by Crippen LogP contribution is -2.38. The molecule has 1 amide bonds. The molecular weight excluding hydrogens is 552 g/mol. The van der Waals surface area contributed by atoms with E-state index in [0.717, 1.165) is 46.5 Å². The number of ether oxygens (including phenoxy) is 1. The van der Waals surface area contributed by atoms with Crippen LogP contribution in [0.25, 0.3) is 0 Å². The van der Waals surface area contributed by atoms with E-state index < -0.39 is 11.0 Å². The van der Waals surface area contributed by atoms with E-state index >= 15 is 0 Å². The standard InChI is InChI=1S/C30H40N8O3S/c1-5-22-17-38(42(40)26-8-7-13-35-29(26)41-22)16-21-14-20(10-9-18(21)3)24(15-27(39)36-30(32)37-33)23-11-12-25(34-6-2)28(31)19(23)4/h7-14,22,24,34H,5-6,15-17,31,33H2,1-4H3,(H3,32,36,37,39)/t22-,24?,42?/m1/s1. The Bertz CT molecular complexity index is 1500. The zero-order chi connectivity index (χ0) is 30.4. The van der Waals surface area contributed by atoms with Crippen molar-refractivity contribution in [3.05, 3.63) is 76.5 Å². The number of nitrogens with one attached hydrogen (secondary N) is 2. The summed E-state index contributed by atoms with van der Waals surface area (Å²) in [6, 6.07) is 13.6. The zero-order valence-corrected chi connectivity index (χ0v) is 25.3. The molecular formula is C30H40N8O3S. The maximum absolute atomic E-state index is 13.7. The molecule has 224 valence electrons. The number of hydrogen-bond acceptors (Lipinski definition) is 8. The number of aryl methyl sites for hydroxylation is 1. The van der Waals surface area contributed by atoms with Crippen LogP contribution in [0.2, 0.25) is 0 Å². The molecule has 3 atom stereocenters. The fraction of sp³-hybridized carbons (Fsp3) is 0.367. The van der Waals surface area contributed by atoms with E-state index in [0.29, 0.717) is 29.6 Å². The van der Waals surface area contributed by atoms with Crippen molar-refractivity contribution in [2.45, 2.75) is 64.0 Å². The average Bonchev–Trinajstić information content (AvgIpc) is 3.11. The summed E-state index contributed by atoms with van der Waals surface area (Å²) in [5, 5.41) is 9.19. The molecule has 2 unspecified atom stereocenters. The highest BCUT2D eigenvalue weighted by molar-refractivity contribution is 7.82. The fourth-order valence-corrected chi connectivity index (χ4v) is 6.40. The highest BCUT2D eigenvalue weighted by Gasteiger charge is 2.30. The fourth-order valence-electron chi connectivity index (χ4n) is 5.12. The van der Waals surface area contributed by atoms with Crippen LogP contribution >= 0.6 is 0 Å². The van der Waals surface area contributed by atoms with Gasteiger partial charge in [-0.2, -0.15) is 0 Å². The monoisotopic (exact) mass is 592 g/mol. The zero-order valence-electron chi connectivity index (χ0n) is 24.5. The number of nitrogen functional groups attached to an aromatic ring is 1. The number of anilines is 2. The number of carbonyl (C=O) groups excluding carboxylic acids is 1. The second kappa shape index (κ2) is 13.7. The minimum absolute atomic E-state index is 0.0833. The van der Waals surface area contributed by atoms with Gasteiger partial charge in [-0.05, 0) is 73.2 Å². The Morgan fingerprint density at radius 2 is 2.02 bits per heavy atom. The predicted molar refractivity (Wildman–Crippen MR) is 167 cm³/mol. The van der Waals surface area contributed by atoms with Crippen molar-refractivity contribution in [2.24, 2.45) is 16.7 Å². The summed E-state index contributed by atoms with van der Waals surface area (Å²) in [7, 11) is -1.46. The third-order valence-electron chi connectivity index (χ3n) is 7.52. The van der Waals surface area contributed by atoms with E-state index in [1.54, 1.807) is 18.3 Å². The molecule has 0 bridgehead atoms. The topological polar surface area (TPSA) is 174 Å². The number of hydrogen-bond donors (Lipinski definition) is 5. The maximum Gasteiger partial charge on any atom is 0.231 e. The Morgan fingerprint density at radius 3 is 2.74 bits per heavy atom. The first-order valence-corrected chi connectivity index (χ1v) is 15.1. The van der Waals surface area contributed by atoms with E-state index in [1.807, 2.05) is 56.3 Å². The molecule has 0 saturated carbocycles. The molecule has 3 aromatic rings. The highest BCUT2D eigenvalue weighted by Crippen LogP contribution is 2.37. The van der Waals surface area contributed by atoms with Crippen LogP contribution in [-0.2, 0) is 22.3 Å². The number of hydrazone groups is 1.